The van der Waals surface area contributed by atoms with Gasteiger partial charge in [0.1, 0.15) is 0 Å². The molecule has 1 N–H and O–H groups in total. The third kappa shape index (κ3) is 2.42. The van der Waals surface area contributed by atoms with E-state index in [4.69, 9.17) is 0 Å². The van der Waals surface area contributed by atoms with E-state index in [1.165, 1.54) is 7.11 Å². The highest BCUT2D eigenvalue weighted by Crippen LogP contribution is 2.29. The smallest absolute Gasteiger partial charge is 0.339 e. The molecule has 2 rings (SSSR count). The molecule has 1 atom stereocenters. The lowest BCUT2D eigenvalue weighted by atomic mass is 10.1. The van der Waals surface area contributed by atoms with Crippen molar-refractivity contribution in [2.45, 2.75) is 18.9 Å². The minimum absolute atomic E-state index is 0.614. The molecule has 0 bridgehead atoms. The van der Waals surface area contributed by atoms with Crippen molar-refractivity contribution in [2.24, 2.45) is 0 Å². The van der Waals surface area contributed by atoms with E-state index in [0.29, 0.717) is 5.56 Å². The fourth-order valence-corrected chi connectivity index (χ4v) is 2.20. The molecular weight excluding hydrogens is 218 g/mol. The van der Waals surface area contributed by atoms with Crippen molar-refractivity contribution in [3.8, 4) is 0 Å². The number of aliphatic hydroxyl groups excluding tert-OH is 1. The van der Waals surface area contributed by atoms with Crippen LogP contribution in [0.3, 0.4) is 0 Å². The van der Waals surface area contributed by atoms with Gasteiger partial charge in [0.25, 0.3) is 0 Å². The van der Waals surface area contributed by atoms with Gasteiger partial charge < -0.3 is 14.7 Å². The van der Waals surface area contributed by atoms with Crippen LogP contribution in [0.25, 0.3) is 0 Å². The number of carbonyl (C=O) groups is 1. The van der Waals surface area contributed by atoms with Crippen molar-refractivity contribution in [3.63, 3.8) is 0 Å². The summed E-state index contributed by atoms with van der Waals surface area (Å²) < 4.78 is 4.58. The van der Waals surface area contributed by atoms with Crippen molar-refractivity contribution in [1.29, 1.82) is 0 Å². The lowest BCUT2D eigenvalue weighted by molar-refractivity contribution is -0.150. The van der Waals surface area contributed by atoms with Gasteiger partial charge in [0.2, 0.25) is 0 Å². The fourth-order valence-electron chi connectivity index (χ4n) is 2.20. The first-order valence-electron chi connectivity index (χ1n) is 5.84. The van der Waals surface area contributed by atoms with E-state index >= 15 is 0 Å². The Morgan fingerprint density at radius 1 is 1.35 bits per heavy atom. The van der Waals surface area contributed by atoms with Crippen LogP contribution >= 0.6 is 0 Å². The number of methoxy groups -OCH3 is 1. The lowest BCUT2D eigenvalue weighted by Crippen LogP contribution is -2.22. The Morgan fingerprint density at radius 3 is 2.65 bits per heavy atom. The molecule has 0 spiro atoms. The average Bonchev–Trinajstić information content (AvgIpc) is 2.90. The molecule has 0 radical (unpaired) electrons. The molecule has 1 saturated heterocycles. The zero-order valence-electron chi connectivity index (χ0n) is 9.93. The van der Waals surface area contributed by atoms with Crippen LogP contribution in [0.5, 0.6) is 0 Å². The largest absolute Gasteiger partial charge is 0.467 e. The van der Waals surface area contributed by atoms with Gasteiger partial charge in [-0.3, -0.25) is 0 Å². The molecule has 1 aliphatic rings. The second-order valence-corrected chi connectivity index (χ2v) is 4.18. The number of carbonyl (C=O) groups excluding carboxylic acids is 1. The van der Waals surface area contributed by atoms with Gasteiger partial charge in [0.05, 0.1) is 7.11 Å². The summed E-state index contributed by atoms with van der Waals surface area (Å²) in [5.74, 6) is -0.614. The number of benzene rings is 1. The van der Waals surface area contributed by atoms with E-state index in [-0.39, 0.29) is 0 Å². The second-order valence-electron chi connectivity index (χ2n) is 4.18. The SMILES string of the molecule is COC(=O)C(O)c1ccccc1N1CCCC1. The minimum atomic E-state index is -1.20. The molecule has 1 aromatic rings. The average molecular weight is 235 g/mol. The quantitative estimate of drug-likeness (QED) is 0.806. The van der Waals surface area contributed by atoms with Crippen molar-refractivity contribution < 1.29 is 14.6 Å². The van der Waals surface area contributed by atoms with Gasteiger partial charge in [-0.2, -0.15) is 0 Å². The van der Waals surface area contributed by atoms with Crippen LogP contribution in [-0.4, -0.2) is 31.3 Å². The molecule has 1 heterocycles. The molecule has 1 aliphatic heterocycles. The van der Waals surface area contributed by atoms with E-state index < -0.39 is 12.1 Å². The predicted octanol–water partition coefficient (Wildman–Crippen LogP) is 1.49. The topological polar surface area (TPSA) is 49.8 Å². The summed E-state index contributed by atoms with van der Waals surface area (Å²) in [6.45, 7) is 1.95. The Morgan fingerprint density at radius 2 is 2.00 bits per heavy atom. The van der Waals surface area contributed by atoms with E-state index in [2.05, 4.69) is 9.64 Å². The number of rotatable bonds is 3. The zero-order valence-corrected chi connectivity index (χ0v) is 9.93. The molecule has 17 heavy (non-hydrogen) atoms. The summed E-state index contributed by atoms with van der Waals surface area (Å²) in [5, 5.41) is 9.93. The lowest BCUT2D eigenvalue weighted by Gasteiger charge is -2.22. The number of esters is 1. The summed E-state index contributed by atoms with van der Waals surface area (Å²) in [5.41, 5.74) is 1.56. The molecular formula is C13H17NO3. The van der Waals surface area contributed by atoms with Gasteiger partial charge >= 0.3 is 5.97 Å². The Bertz CT molecular complexity index is 399. The molecule has 1 fully saturated rings. The Hall–Kier alpha value is -1.55. The monoisotopic (exact) mass is 235 g/mol. The third-order valence-corrected chi connectivity index (χ3v) is 3.10. The van der Waals surface area contributed by atoms with Crippen LogP contribution in [-0.2, 0) is 9.53 Å². The first kappa shape index (κ1) is 11.9. The predicted molar refractivity (Wildman–Crippen MR) is 64.9 cm³/mol. The van der Waals surface area contributed by atoms with Crippen LogP contribution in [0, 0.1) is 0 Å². The van der Waals surface area contributed by atoms with Crippen molar-refractivity contribution in [2.75, 3.05) is 25.1 Å². The standard InChI is InChI=1S/C13H17NO3/c1-17-13(16)12(15)10-6-2-3-7-11(10)14-8-4-5-9-14/h2-3,6-7,12,15H,4-5,8-9H2,1H3. The van der Waals surface area contributed by atoms with Crippen LogP contribution in [0.1, 0.15) is 24.5 Å². The van der Waals surface area contributed by atoms with Gasteiger partial charge in [0, 0.05) is 24.3 Å². The number of para-hydroxylation sites is 1. The van der Waals surface area contributed by atoms with E-state index in [0.717, 1.165) is 31.6 Å². The third-order valence-electron chi connectivity index (χ3n) is 3.10. The van der Waals surface area contributed by atoms with Crippen molar-refractivity contribution in [1.82, 2.24) is 0 Å². The molecule has 0 aromatic heterocycles. The summed E-state index contributed by atoms with van der Waals surface area (Å²) in [7, 11) is 1.28. The number of hydrogen-bond acceptors (Lipinski definition) is 4. The second kappa shape index (κ2) is 5.19. The molecule has 4 nitrogen and oxygen atoms in total. The number of hydrogen-bond donors (Lipinski definition) is 1. The van der Waals surface area contributed by atoms with Crippen molar-refractivity contribution >= 4 is 11.7 Å². The number of anilines is 1. The van der Waals surface area contributed by atoms with Crippen molar-refractivity contribution in [3.05, 3.63) is 29.8 Å². The summed E-state index contributed by atoms with van der Waals surface area (Å²) in [6, 6.07) is 7.45. The number of nitrogens with zero attached hydrogens (tertiary/aromatic N) is 1. The molecule has 0 amide bonds. The summed E-state index contributed by atoms with van der Waals surface area (Å²) in [4.78, 5) is 13.6. The van der Waals surface area contributed by atoms with Gasteiger partial charge in [-0.15, -0.1) is 0 Å². The Balaban J connectivity index is 2.29. The van der Waals surface area contributed by atoms with Crippen LogP contribution in [0.15, 0.2) is 24.3 Å². The molecule has 0 aliphatic carbocycles. The van der Waals surface area contributed by atoms with Gasteiger partial charge in [0.15, 0.2) is 6.10 Å². The maximum atomic E-state index is 11.4. The van der Waals surface area contributed by atoms with E-state index in [9.17, 15) is 9.90 Å². The van der Waals surface area contributed by atoms with Gasteiger partial charge in [-0.05, 0) is 18.9 Å². The fraction of sp³-hybridized carbons (Fsp3) is 0.462. The van der Waals surface area contributed by atoms with Gasteiger partial charge in [-0.25, -0.2) is 4.79 Å². The number of ether oxygens (including phenoxy) is 1. The van der Waals surface area contributed by atoms with Crippen LogP contribution < -0.4 is 4.90 Å². The highest BCUT2D eigenvalue weighted by atomic mass is 16.5. The molecule has 1 aromatic carbocycles. The Kier molecular flexibility index (Phi) is 3.64. The Labute approximate surface area is 101 Å². The van der Waals surface area contributed by atoms with Crippen LogP contribution in [0.2, 0.25) is 0 Å². The molecule has 1 unspecified atom stereocenters. The first-order chi connectivity index (χ1) is 8.24. The van der Waals surface area contributed by atoms with Crippen LogP contribution in [0.4, 0.5) is 5.69 Å². The van der Waals surface area contributed by atoms with E-state index in [1.54, 1.807) is 6.07 Å². The maximum Gasteiger partial charge on any atom is 0.339 e. The first-order valence-corrected chi connectivity index (χ1v) is 5.84. The summed E-state index contributed by atoms with van der Waals surface area (Å²) >= 11 is 0. The van der Waals surface area contributed by atoms with E-state index in [1.807, 2.05) is 18.2 Å². The molecule has 4 heteroatoms. The highest BCUT2D eigenvalue weighted by Gasteiger charge is 2.24. The van der Waals surface area contributed by atoms with Gasteiger partial charge in [-0.1, -0.05) is 18.2 Å². The normalized spacial score (nSPS) is 16.9. The molecule has 0 saturated carbocycles. The minimum Gasteiger partial charge on any atom is -0.467 e. The number of aliphatic hydroxyl groups is 1. The summed E-state index contributed by atoms with van der Waals surface area (Å²) in [6.07, 6.45) is 1.11. The molecule has 92 valence electrons. The maximum absolute atomic E-state index is 11.4. The zero-order chi connectivity index (χ0) is 12.3. The highest BCUT2D eigenvalue weighted by molar-refractivity contribution is 5.79.